The first kappa shape index (κ1) is 9.71. The van der Waals surface area contributed by atoms with Gasteiger partial charge in [0.1, 0.15) is 4.47 Å². The fourth-order valence-corrected chi connectivity index (χ4v) is 1.87. The van der Waals surface area contributed by atoms with E-state index in [2.05, 4.69) is 38.4 Å². The summed E-state index contributed by atoms with van der Waals surface area (Å²) in [6.07, 6.45) is 4.06. The Kier molecular flexibility index (Phi) is 2.58. The third-order valence-electron chi connectivity index (χ3n) is 2.76. The van der Waals surface area contributed by atoms with Gasteiger partial charge in [0.15, 0.2) is 0 Å². The second kappa shape index (κ2) is 3.73. The Morgan fingerprint density at radius 2 is 2.43 bits per heavy atom. The number of hydrogen-bond donors (Lipinski definition) is 2. The van der Waals surface area contributed by atoms with Gasteiger partial charge in [-0.15, -0.1) is 0 Å². The van der Waals surface area contributed by atoms with Crippen molar-refractivity contribution >= 4 is 21.6 Å². The van der Waals surface area contributed by atoms with Crippen LogP contribution in [0.25, 0.3) is 0 Å². The Bertz CT molecular complexity index is 390. The van der Waals surface area contributed by atoms with Crippen LogP contribution in [0.5, 0.6) is 0 Å². The van der Waals surface area contributed by atoms with Gasteiger partial charge < -0.3 is 5.32 Å². The summed E-state index contributed by atoms with van der Waals surface area (Å²) < 4.78 is 0.534. The van der Waals surface area contributed by atoms with Crippen molar-refractivity contribution < 1.29 is 0 Å². The Morgan fingerprint density at radius 3 is 3.00 bits per heavy atom. The molecule has 0 radical (unpaired) electrons. The van der Waals surface area contributed by atoms with E-state index in [0.717, 1.165) is 5.69 Å². The summed E-state index contributed by atoms with van der Waals surface area (Å²) in [6.45, 7) is 2.20. The minimum absolute atomic E-state index is 0.193. The lowest BCUT2D eigenvalue weighted by Crippen LogP contribution is -2.36. The number of halogens is 1. The zero-order valence-electron chi connectivity index (χ0n) is 7.88. The maximum atomic E-state index is 11.2. The fraction of sp³-hybridized carbons (Fsp3) is 0.556. The Hall–Kier alpha value is -0.840. The Morgan fingerprint density at radius 1 is 1.64 bits per heavy atom. The van der Waals surface area contributed by atoms with Gasteiger partial charge >= 0.3 is 0 Å². The van der Waals surface area contributed by atoms with Crippen LogP contribution >= 0.6 is 15.9 Å². The van der Waals surface area contributed by atoms with E-state index in [1.54, 1.807) is 6.20 Å². The van der Waals surface area contributed by atoms with Crippen molar-refractivity contribution in [2.24, 2.45) is 5.92 Å². The van der Waals surface area contributed by atoms with Gasteiger partial charge in [0.2, 0.25) is 0 Å². The van der Waals surface area contributed by atoms with Crippen LogP contribution in [0.15, 0.2) is 15.5 Å². The van der Waals surface area contributed by atoms with Crippen LogP contribution in [-0.2, 0) is 0 Å². The van der Waals surface area contributed by atoms with E-state index >= 15 is 0 Å². The number of H-pyrrole nitrogens is 1. The van der Waals surface area contributed by atoms with E-state index in [-0.39, 0.29) is 5.56 Å². The Labute approximate surface area is 90.2 Å². The number of aromatic amines is 1. The molecule has 2 N–H and O–H groups in total. The van der Waals surface area contributed by atoms with Crippen molar-refractivity contribution in [3.63, 3.8) is 0 Å². The maximum absolute atomic E-state index is 11.2. The predicted octanol–water partition coefficient (Wildman–Crippen LogP) is 1.74. The molecule has 0 amide bonds. The van der Waals surface area contributed by atoms with Crippen molar-refractivity contribution in [3.05, 3.63) is 21.0 Å². The molecule has 1 aromatic rings. The SMILES string of the molecule is CC1CCC1Nc1cn[nH]c(=O)c1Br. The van der Waals surface area contributed by atoms with Crippen molar-refractivity contribution in [2.75, 3.05) is 5.32 Å². The molecule has 4 nitrogen and oxygen atoms in total. The highest BCUT2D eigenvalue weighted by molar-refractivity contribution is 9.10. The summed E-state index contributed by atoms with van der Waals surface area (Å²) in [7, 11) is 0. The van der Waals surface area contributed by atoms with E-state index in [9.17, 15) is 4.79 Å². The predicted molar refractivity (Wildman–Crippen MR) is 58.4 cm³/mol. The quantitative estimate of drug-likeness (QED) is 0.849. The molecule has 2 unspecified atom stereocenters. The summed E-state index contributed by atoms with van der Waals surface area (Å²) in [5, 5.41) is 9.43. The average molecular weight is 258 g/mol. The van der Waals surface area contributed by atoms with E-state index in [1.807, 2.05) is 0 Å². The topological polar surface area (TPSA) is 57.8 Å². The number of nitrogens with zero attached hydrogens (tertiary/aromatic N) is 1. The third kappa shape index (κ3) is 1.68. The molecular weight excluding hydrogens is 246 g/mol. The van der Waals surface area contributed by atoms with Gasteiger partial charge in [-0.05, 0) is 34.7 Å². The van der Waals surface area contributed by atoms with Crippen LogP contribution in [0.2, 0.25) is 0 Å². The van der Waals surface area contributed by atoms with Crippen LogP contribution in [0, 0.1) is 5.92 Å². The summed E-state index contributed by atoms with van der Waals surface area (Å²) >= 11 is 3.24. The van der Waals surface area contributed by atoms with E-state index < -0.39 is 0 Å². The lowest BCUT2D eigenvalue weighted by atomic mass is 9.81. The molecule has 1 aliphatic rings. The first-order valence-electron chi connectivity index (χ1n) is 4.68. The fourth-order valence-electron chi connectivity index (χ4n) is 1.56. The number of anilines is 1. The number of rotatable bonds is 2. The van der Waals surface area contributed by atoms with Gasteiger partial charge in [-0.2, -0.15) is 5.10 Å². The molecule has 76 valence electrons. The zero-order chi connectivity index (χ0) is 10.1. The molecule has 0 spiro atoms. The highest BCUT2D eigenvalue weighted by Crippen LogP contribution is 2.30. The summed E-state index contributed by atoms with van der Waals surface area (Å²) in [5.41, 5.74) is 0.590. The van der Waals surface area contributed by atoms with Gasteiger partial charge in [-0.25, -0.2) is 5.10 Å². The van der Waals surface area contributed by atoms with E-state index in [0.29, 0.717) is 16.4 Å². The summed E-state index contributed by atoms with van der Waals surface area (Å²) in [6, 6.07) is 0.481. The molecular formula is C9H12BrN3O. The van der Waals surface area contributed by atoms with Crippen LogP contribution < -0.4 is 10.9 Å². The van der Waals surface area contributed by atoms with Crippen LogP contribution in [0.4, 0.5) is 5.69 Å². The van der Waals surface area contributed by atoms with Crippen molar-refractivity contribution in [3.8, 4) is 0 Å². The highest BCUT2D eigenvalue weighted by Gasteiger charge is 2.27. The average Bonchev–Trinajstić information content (AvgIpc) is 2.18. The molecule has 1 saturated carbocycles. The summed E-state index contributed by atoms with van der Waals surface area (Å²) in [4.78, 5) is 11.2. The van der Waals surface area contributed by atoms with E-state index in [4.69, 9.17) is 0 Å². The molecule has 2 rings (SSSR count). The van der Waals surface area contributed by atoms with Gasteiger partial charge in [-0.3, -0.25) is 4.79 Å². The van der Waals surface area contributed by atoms with Gasteiger partial charge in [0.25, 0.3) is 5.56 Å². The minimum atomic E-state index is -0.193. The van der Waals surface area contributed by atoms with Gasteiger partial charge in [0, 0.05) is 6.04 Å². The second-order valence-corrected chi connectivity index (χ2v) is 4.53. The van der Waals surface area contributed by atoms with Crippen molar-refractivity contribution in [2.45, 2.75) is 25.8 Å². The first-order valence-corrected chi connectivity index (χ1v) is 5.47. The first-order chi connectivity index (χ1) is 6.68. The molecule has 1 aromatic heterocycles. The van der Waals surface area contributed by atoms with Crippen LogP contribution in [0.1, 0.15) is 19.8 Å². The lowest BCUT2D eigenvalue weighted by Gasteiger charge is -2.35. The monoisotopic (exact) mass is 257 g/mol. The van der Waals surface area contributed by atoms with Crippen molar-refractivity contribution in [1.29, 1.82) is 0 Å². The smallest absolute Gasteiger partial charge is 0.280 e. The number of nitrogens with one attached hydrogen (secondary N) is 2. The maximum Gasteiger partial charge on any atom is 0.280 e. The van der Waals surface area contributed by atoms with Gasteiger partial charge in [-0.1, -0.05) is 6.92 Å². The Balaban J connectivity index is 2.16. The van der Waals surface area contributed by atoms with E-state index in [1.165, 1.54) is 12.8 Å². The number of aromatic nitrogens is 2. The largest absolute Gasteiger partial charge is 0.380 e. The highest BCUT2D eigenvalue weighted by atomic mass is 79.9. The molecule has 1 aliphatic carbocycles. The van der Waals surface area contributed by atoms with Crippen molar-refractivity contribution in [1.82, 2.24) is 10.2 Å². The molecule has 14 heavy (non-hydrogen) atoms. The molecule has 1 fully saturated rings. The third-order valence-corrected chi connectivity index (χ3v) is 3.54. The van der Waals surface area contributed by atoms with Crippen LogP contribution in [0.3, 0.4) is 0 Å². The molecule has 5 heteroatoms. The zero-order valence-corrected chi connectivity index (χ0v) is 9.47. The molecule has 1 heterocycles. The standard InChI is InChI=1S/C9H12BrN3O/c1-5-2-3-6(5)12-7-4-11-13-9(14)8(7)10/h4-6H,2-3H2,1H3,(H2,12,13,14). The molecule has 0 aliphatic heterocycles. The number of hydrogen-bond acceptors (Lipinski definition) is 3. The molecule has 2 atom stereocenters. The van der Waals surface area contributed by atoms with Crippen LogP contribution in [-0.4, -0.2) is 16.2 Å². The lowest BCUT2D eigenvalue weighted by molar-refractivity contribution is 0.303. The summed E-state index contributed by atoms with van der Waals surface area (Å²) in [5.74, 6) is 0.682. The molecule has 0 aromatic carbocycles. The molecule has 0 saturated heterocycles. The minimum Gasteiger partial charge on any atom is -0.380 e. The van der Waals surface area contributed by atoms with Gasteiger partial charge in [0.05, 0.1) is 11.9 Å². The second-order valence-electron chi connectivity index (χ2n) is 3.73. The molecule has 0 bridgehead atoms. The normalized spacial score (nSPS) is 25.6.